The molecule has 1 aromatic carbocycles. The van der Waals surface area contributed by atoms with Crippen molar-refractivity contribution >= 4 is 5.91 Å². The van der Waals surface area contributed by atoms with E-state index in [-0.39, 0.29) is 12.0 Å². The third-order valence-electron chi connectivity index (χ3n) is 5.37. The van der Waals surface area contributed by atoms with Gasteiger partial charge in [-0.05, 0) is 48.6 Å². The maximum Gasteiger partial charge on any atom is 0.254 e. The molecule has 3 aliphatic rings. The molecule has 4 rings (SSSR count). The van der Waals surface area contributed by atoms with Crippen molar-refractivity contribution in [2.24, 2.45) is 0 Å². The van der Waals surface area contributed by atoms with Crippen molar-refractivity contribution < 1.29 is 9.53 Å². The van der Waals surface area contributed by atoms with E-state index in [4.69, 9.17) is 4.74 Å². The minimum absolute atomic E-state index is 0.146. The molecule has 0 bridgehead atoms. The molecule has 1 aliphatic carbocycles. The standard InChI is InChI=1S/C18H24N2O2/c1-3-6-20-7-8-22-17-14-10-15-13(11-19(2)18(15)21)9-12(14)4-5-16(17)20/h9-10,16-17H,3-8,11H2,1-2H3/t16-,17-/m1/s1. The van der Waals surface area contributed by atoms with E-state index in [2.05, 4.69) is 24.0 Å². The normalized spacial score (nSPS) is 27.5. The van der Waals surface area contributed by atoms with Crippen LogP contribution >= 0.6 is 0 Å². The van der Waals surface area contributed by atoms with E-state index < -0.39 is 0 Å². The lowest BCUT2D eigenvalue weighted by molar-refractivity contribution is -0.0801. The Hall–Kier alpha value is -1.39. The van der Waals surface area contributed by atoms with E-state index in [0.29, 0.717) is 6.04 Å². The molecule has 0 spiro atoms. The second kappa shape index (κ2) is 5.36. The number of hydrogen-bond acceptors (Lipinski definition) is 3. The summed E-state index contributed by atoms with van der Waals surface area (Å²) >= 11 is 0. The van der Waals surface area contributed by atoms with E-state index >= 15 is 0 Å². The van der Waals surface area contributed by atoms with Crippen LogP contribution in [-0.2, 0) is 17.7 Å². The van der Waals surface area contributed by atoms with Crippen molar-refractivity contribution in [2.75, 3.05) is 26.7 Å². The molecular weight excluding hydrogens is 276 g/mol. The largest absolute Gasteiger partial charge is 0.371 e. The fraction of sp³-hybridized carbons (Fsp3) is 0.611. The predicted molar refractivity (Wildman–Crippen MR) is 84.9 cm³/mol. The molecule has 1 saturated heterocycles. The van der Waals surface area contributed by atoms with Gasteiger partial charge in [-0.25, -0.2) is 0 Å². The third-order valence-corrected chi connectivity index (χ3v) is 5.37. The predicted octanol–water partition coefficient (Wildman–Crippen LogP) is 2.37. The summed E-state index contributed by atoms with van der Waals surface area (Å²) in [6.45, 7) is 5.97. The fourth-order valence-corrected chi connectivity index (χ4v) is 4.32. The summed E-state index contributed by atoms with van der Waals surface area (Å²) in [4.78, 5) is 16.7. The smallest absolute Gasteiger partial charge is 0.254 e. The van der Waals surface area contributed by atoms with Crippen molar-refractivity contribution in [2.45, 2.75) is 44.9 Å². The molecule has 1 fully saturated rings. The van der Waals surface area contributed by atoms with Gasteiger partial charge in [0.25, 0.3) is 5.91 Å². The molecular formula is C18H24N2O2. The van der Waals surface area contributed by atoms with Gasteiger partial charge in [-0.1, -0.05) is 13.0 Å². The van der Waals surface area contributed by atoms with Gasteiger partial charge in [0, 0.05) is 31.7 Å². The van der Waals surface area contributed by atoms with Crippen LogP contribution in [0.15, 0.2) is 12.1 Å². The van der Waals surface area contributed by atoms with Crippen molar-refractivity contribution in [3.05, 3.63) is 34.4 Å². The van der Waals surface area contributed by atoms with Crippen LogP contribution in [0.25, 0.3) is 0 Å². The van der Waals surface area contributed by atoms with Gasteiger partial charge in [-0.3, -0.25) is 9.69 Å². The fourth-order valence-electron chi connectivity index (χ4n) is 4.32. The monoisotopic (exact) mass is 300 g/mol. The Balaban J connectivity index is 1.71. The highest BCUT2D eigenvalue weighted by Gasteiger charge is 2.38. The van der Waals surface area contributed by atoms with Gasteiger partial charge in [-0.2, -0.15) is 0 Å². The molecule has 0 saturated carbocycles. The summed E-state index contributed by atoms with van der Waals surface area (Å²) in [5.41, 5.74) is 4.73. The Labute approximate surface area is 132 Å². The topological polar surface area (TPSA) is 32.8 Å². The van der Waals surface area contributed by atoms with Crippen LogP contribution in [0.4, 0.5) is 0 Å². The summed E-state index contributed by atoms with van der Waals surface area (Å²) in [5, 5.41) is 0. The SMILES string of the molecule is CCCN1CCO[C@@H]2c3cc4c(cc3CC[C@H]21)CN(C)C4=O. The lowest BCUT2D eigenvalue weighted by Crippen LogP contribution is -2.49. The molecule has 0 aromatic heterocycles. The van der Waals surface area contributed by atoms with Crippen molar-refractivity contribution in [3.63, 3.8) is 0 Å². The Morgan fingerprint density at radius 1 is 1.32 bits per heavy atom. The van der Waals surface area contributed by atoms with Crippen molar-refractivity contribution in [1.29, 1.82) is 0 Å². The van der Waals surface area contributed by atoms with E-state index in [9.17, 15) is 4.79 Å². The van der Waals surface area contributed by atoms with E-state index in [1.165, 1.54) is 29.5 Å². The molecule has 1 aromatic rings. The lowest BCUT2D eigenvalue weighted by atomic mass is 9.82. The Kier molecular flexibility index (Phi) is 3.46. The molecule has 0 N–H and O–H groups in total. The van der Waals surface area contributed by atoms with E-state index in [1.807, 2.05) is 7.05 Å². The second-order valence-corrected chi connectivity index (χ2v) is 6.80. The summed E-state index contributed by atoms with van der Waals surface area (Å²) in [7, 11) is 1.88. The Morgan fingerprint density at radius 2 is 2.18 bits per heavy atom. The molecule has 0 radical (unpaired) electrons. The van der Waals surface area contributed by atoms with Gasteiger partial charge in [-0.15, -0.1) is 0 Å². The number of nitrogens with zero attached hydrogens (tertiary/aromatic N) is 2. The molecule has 22 heavy (non-hydrogen) atoms. The molecule has 2 aliphatic heterocycles. The van der Waals surface area contributed by atoms with Crippen LogP contribution in [0, 0.1) is 0 Å². The van der Waals surface area contributed by atoms with Crippen LogP contribution in [0.1, 0.15) is 52.9 Å². The molecule has 1 amide bonds. The molecule has 2 heterocycles. The van der Waals surface area contributed by atoms with Crippen LogP contribution in [0.2, 0.25) is 0 Å². The Morgan fingerprint density at radius 3 is 3.00 bits per heavy atom. The minimum Gasteiger partial charge on any atom is -0.371 e. The summed E-state index contributed by atoms with van der Waals surface area (Å²) < 4.78 is 6.14. The van der Waals surface area contributed by atoms with Crippen LogP contribution in [0.5, 0.6) is 0 Å². The van der Waals surface area contributed by atoms with Crippen molar-refractivity contribution in [1.82, 2.24) is 9.80 Å². The number of morpholine rings is 1. The van der Waals surface area contributed by atoms with Gasteiger partial charge in [0.05, 0.1) is 12.7 Å². The number of carbonyl (C=O) groups excluding carboxylic acids is 1. The Bertz CT molecular complexity index is 611. The zero-order chi connectivity index (χ0) is 15.3. The van der Waals surface area contributed by atoms with E-state index in [0.717, 1.165) is 38.2 Å². The maximum atomic E-state index is 12.3. The first-order chi connectivity index (χ1) is 10.7. The number of amides is 1. The van der Waals surface area contributed by atoms with Gasteiger partial charge < -0.3 is 9.64 Å². The molecule has 0 unspecified atom stereocenters. The zero-order valence-electron chi connectivity index (χ0n) is 13.5. The van der Waals surface area contributed by atoms with Crippen LogP contribution in [0.3, 0.4) is 0 Å². The van der Waals surface area contributed by atoms with Crippen LogP contribution < -0.4 is 0 Å². The number of fused-ring (bicyclic) bond motifs is 4. The molecule has 2 atom stereocenters. The third kappa shape index (κ3) is 2.09. The number of carbonyl (C=O) groups is 1. The zero-order valence-corrected chi connectivity index (χ0v) is 13.5. The van der Waals surface area contributed by atoms with E-state index in [1.54, 1.807) is 4.90 Å². The number of rotatable bonds is 2. The number of hydrogen-bond donors (Lipinski definition) is 0. The van der Waals surface area contributed by atoms with Gasteiger partial charge >= 0.3 is 0 Å². The minimum atomic E-state index is 0.146. The molecule has 4 heteroatoms. The lowest BCUT2D eigenvalue weighted by Gasteiger charge is -2.44. The first-order valence-corrected chi connectivity index (χ1v) is 8.46. The maximum absolute atomic E-state index is 12.3. The van der Waals surface area contributed by atoms with Crippen LogP contribution in [-0.4, -0.2) is 48.5 Å². The average molecular weight is 300 g/mol. The first kappa shape index (κ1) is 14.2. The molecule has 118 valence electrons. The summed E-state index contributed by atoms with van der Waals surface area (Å²) in [6, 6.07) is 4.86. The highest BCUT2D eigenvalue weighted by molar-refractivity contribution is 5.98. The second-order valence-electron chi connectivity index (χ2n) is 6.80. The molecule has 4 nitrogen and oxygen atoms in total. The highest BCUT2D eigenvalue weighted by Crippen LogP contribution is 2.40. The average Bonchev–Trinajstić information content (AvgIpc) is 2.80. The van der Waals surface area contributed by atoms with Gasteiger partial charge in [0.1, 0.15) is 0 Å². The quantitative estimate of drug-likeness (QED) is 0.840. The van der Waals surface area contributed by atoms with Gasteiger partial charge in [0.15, 0.2) is 0 Å². The highest BCUT2D eigenvalue weighted by atomic mass is 16.5. The number of ether oxygens (including phenoxy) is 1. The summed E-state index contributed by atoms with van der Waals surface area (Å²) in [5.74, 6) is 0.154. The number of aryl methyl sites for hydroxylation is 1. The van der Waals surface area contributed by atoms with Crippen molar-refractivity contribution in [3.8, 4) is 0 Å². The summed E-state index contributed by atoms with van der Waals surface area (Å²) in [6.07, 6.45) is 3.60. The van der Waals surface area contributed by atoms with Gasteiger partial charge in [0.2, 0.25) is 0 Å². The first-order valence-electron chi connectivity index (χ1n) is 8.46. The number of benzene rings is 1.